The zero-order chi connectivity index (χ0) is 24.8. The molecule has 176 valence electrons. The molecule has 0 aromatic heterocycles. The zero-order valence-electron chi connectivity index (χ0n) is 18.2. The third-order valence-electron chi connectivity index (χ3n) is 5.56. The number of nitrogens with zero attached hydrogens (tertiary/aromatic N) is 1. The molecule has 0 bridgehead atoms. The Balaban J connectivity index is 2.14. The van der Waals surface area contributed by atoms with Crippen LogP contribution in [0, 0.1) is 13.8 Å². The molecule has 4 aromatic carbocycles. The second kappa shape index (κ2) is 8.87. The number of nitrogens with two attached hydrogens (primary N) is 1. The Bertz CT molecular complexity index is 1600. The van der Waals surface area contributed by atoms with Gasteiger partial charge in [-0.3, -0.25) is 0 Å². The number of hydrogen-bond acceptors (Lipinski definition) is 4. The molecule has 0 aliphatic rings. The first-order valence-electron chi connectivity index (χ1n) is 10.0. The molecule has 6 nitrogen and oxygen atoms in total. The van der Waals surface area contributed by atoms with Crippen molar-refractivity contribution in [2.75, 3.05) is 4.31 Å². The molecule has 0 unspecified atom stereocenters. The molecule has 0 heterocycles. The monoisotopic (exact) mass is 534 g/mol. The lowest BCUT2D eigenvalue weighted by Crippen LogP contribution is -2.28. The quantitative estimate of drug-likeness (QED) is 0.342. The standard InChI is InChI=1S/C24H20Cl2N2O4S2/c1-15-20(25)9-5-11-22(15)28(23-12-6-10-21(26)16(23)2)34(31,32)24-14-18(33(27,29)30)13-17-7-3-4-8-19(17)24/h3-14H,1-2H3,(H2,27,29,30). The van der Waals surface area contributed by atoms with Crippen LogP contribution < -0.4 is 9.44 Å². The van der Waals surface area contributed by atoms with Crippen LogP contribution in [-0.2, 0) is 20.0 Å². The van der Waals surface area contributed by atoms with E-state index < -0.39 is 20.0 Å². The summed E-state index contributed by atoms with van der Waals surface area (Å²) in [7, 11) is -8.59. The number of hydrogen-bond donors (Lipinski definition) is 1. The van der Waals surface area contributed by atoms with E-state index in [0.29, 0.717) is 43.3 Å². The van der Waals surface area contributed by atoms with Gasteiger partial charge in [0.15, 0.2) is 0 Å². The Labute approximate surface area is 208 Å². The predicted molar refractivity (Wildman–Crippen MR) is 137 cm³/mol. The van der Waals surface area contributed by atoms with E-state index in [0.717, 1.165) is 10.4 Å². The second-order valence-corrected chi connectivity index (χ2v) is 11.9. The van der Waals surface area contributed by atoms with E-state index in [-0.39, 0.29) is 9.79 Å². The van der Waals surface area contributed by atoms with Crippen LogP contribution in [0.5, 0.6) is 0 Å². The summed E-state index contributed by atoms with van der Waals surface area (Å²) in [6.07, 6.45) is 0. The Morgan fingerprint density at radius 3 is 1.79 bits per heavy atom. The summed E-state index contributed by atoms with van der Waals surface area (Å²) in [6, 6.07) is 18.9. The highest BCUT2D eigenvalue weighted by Gasteiger charge is 2.32. The van der Waals surface area contributed by atoms with Crippen molar-refractivity contribution >= 4 is 65.4 Å². The Hall–Kier alpha value is -2.62. The summed E-state index contributed by atoms with van der Waals surface area (Å²) in [5.41, 5.74) is 1.67. The highest BCUT2D eigenvalue weighted by molar-refractivity contribution is 7.93. The highest BCUT2D eigenvalue weighted by Crippen LogP contribution is 2.41. The molecule has 0 fully saturated rings. The first-order valence-corrected chi connectivity index (χ1v) is 13.8. The van der Waals surface area contributed by atoms with Crippen molar-refractivity contribution in [1.29, 1.82) is 0 Å². The number of rotatable bonds is 5. The van der Waals surface area contributed by atoms with Gasteiger partial charge >= 0.3 is 0 Å². The van der Waals surface area contributed by atoms with Crippen LogP contribution in [0.25, 0.3) is 10.8 Å². The average molecular weight is 535 g/mol. The maximum absolute atomic E-state index is 14.4. The molecule has 0 saturated carbocycles. The molecule has 0 amide bonds. The molecule has 0 atom stereocenters. The van der Waals surface area contributed by atoms with Crippen molar-refractivity contribution in [2.45, 2.75) is 23.6 Å². The van der Waals surface area contributed by atoms with E-state index in [4.69, 9.17) is 28.3 Å². The van der Waals surface area contributed by atoms with E-state index in [2.05, 4.69) is 0 Å². The third kappa shape index (κ3) is 4.28. The van der Waals surface area contributed by atoms with E-state index in [9.17, 15) is 16.8 Å². The molecular formula is C24H20Cl2N2O4S2. The fourth-order valence-electron chi connectivity index (χ4n) is 3.75. The lowest BCUT2D eigenvalue weighted by molar-refractivity contribution is 0.595. The Morgan fingerprint density at radius 2 is 1.26 bits per heavy atom. The number of sulfonamides is 2. The van der Waals surface area contributed by atoms with Crippen LogP contribution in [0.3, 0.4) is 0 Å². The Morgan fingerprint density at radius 1 is 0.735 bits per heavy atom. The Kier molecular flexibility index (Phi) is 6.39. The molecule has 0 aliphatic heterocycles. The molecule has 0 saturated heterocycles. The molecule has 34 heavy (non-hydrogen) atoms. The van der Waals surface area contributed by atoms with Gasteiger partial charge in [0, 0.05) is 15.4 Å². The van der Waals surface area contributed by atoms with Gasteiger partial charge in [-0.2, -0.15) is 0 Å². The van der Waals surface area contributed by atoms with Crippen molar-refractivity contribution in [3.63, 3.8) is 0 Å². The molecule has 10 heteroatoms. The first kappa shape index (κ1) is 24.5. The van der Waals surface area contributed by atoms with Gasteiger partial charge in [0.25, 0.3) is 10.0 Å². The van der Waals surface area contributed by atoms with Crippen LogP contribution in [0.1, 0.15) is 11.1 Å². The van der Waals surface area contributed by atoms with Crippen molar-refractivity contribution < 1.29 is 16.8 Å². The molecular weight excluding hydrogens is 515 g/mol. The number of anilines is 2. The summed E-state index contributed by atoms with van der Waals surface area (Å²) in [5.74, 6) is 0. The predicted octanol–water partition coefficient (Wildman–Crippen LogP) is 5.94. The lowest BCUT2D eigenvalue weighted by atomic mass is 10.1. The van der Waals surface area contributed by atoms with Gasteiger partial charge in [0.2, 0.25) is 10.0 Å². The van der Waals surface area contributed by atoms with Gasteiger partial charge < -0.3 is 0 Å². The van der Waals surface area contributed by atoms with Crippen LogP contribution in [0.4, 0.5) is 11.4 Å². The van der Waals surface area contributed by atoms with Crippen molar-refractivity contribution in [2.24, 2.45) is 5.14 Å². The van der Waals surface area contributed by atoms with E-state index >= 15 is 0 Å². The molecule has 0 spiro atoms. The highest BCUT2D eigenvalue weighted by atomic mass is 35.5. The molecule has 4 aromatic rings. The maximum Gasteiger partial charge on any atom is 0.269 e. The van der Waals surface area contributed by atoms with E-state index in [1.165, 1.54) is 6.07 Å². The van der Waals surface area contributed by atoms with Gasteiger partial charge in [-0.1, -0.05) is 59.6 Å². The topological polar surface area (TPSA) is 97.5 Å². The normalized spacial score (nSPS) is 12.1. The van der Waals surface area contributed by atoms with E-state index in [1.807, 2.05) is 0 Å². The molecule has 0 radical (unpaired) electrons. The summed E-state index contributed by atoms with van der Waals surface area (Å²) < 4.78 is 54.3. The summed E-state index contributed by atoms with van der Waals surface area (Å²) in [4.78, 5) is -0.524. The van der Waals surface area contributed by atoms with Crippen LogP contribution in [0.15, 0.2) is 82.6 Å². The molecule has 4 rings (SSSR count). The second-order valence-electron chi connectivity index (χ2n) is 7.72. The summed E-state index contributed by atoms with van der Waals surface area (Å²) >= 11 is 12.7. The lowest BCUT2D eigenvalue weighted by Gasteiger charge is -2.29. The van der Waals surface area contributed by atoms with E-state index in [1.54, 1.807) is 74.5 Å². The van der Waals surface area contributed by atoms with Crippen LogP contribution >= 0.6 is 23.2 Å². The fraction of sp³-hybridized carbons (Fsp3) is 0.0833. The minimum Gasteiger partial charge on any atom is -0.234 e. The average Bonchev–Trinajstić information content (AvgIpc) is 2.78. The summed E-state index contributed by atoms with van der Waals surface area (Å²) in [6.45, 7) is 3.41. The molecule has 2 N–H and O–H groups in total. The number of fused-ring (bicyclic) bond motifs is 1. The first-order chi connectivity index (χ1) is 15.9. The fourth-order valence-corrected chi connectivity index (χ4v) is 6.58. The van der Waals surface area contributed by atoms with Gasteiger partial charge in [-0.25, -0.2) is 26.3 Å². The van der Waals surface area contributed by atoms with Gasteiger partial charge in [0.05, 0.1) is 21.2 Å². The largest absolute Gasteiger partial charge is 0.269 e. The summed E-state index contributed by atoms with van der Waals surface area (Å²) in [5, 5.41) is 6.89. The smallest absolute Gasteiger partial charge is 0.234 e. The number of benzene rings is 4. The van der Waals surface area contributed by atoms with Gasteiger partial charge in [-0.15, -0.1) is 0 Å². The SMILES string of the molecule is Cc1c(Cl)cccc1N(c1cccc(Cl)c1C)S(=O)(=O)c1cc(S(N)(=O)=O)cc2ccccc12. The van der Waals surface area contributed by atoms with Crippen LogP contribution in [-0.4, -0.2) is 16.8 Å². The van der Waals surface area contributed by atoms with Crippen LogP contribution in [0.2, 0.25) is 10.0 Å². The number of primary sulfonamides is 1. The zero-order valence-corrected chi connectivity index (χ0v) is 21.3. The van der Waals surface area contributed by atoms with Gasteiger partial charge in [0.1, 0.15) is 0 Å². The minimum absolute atomic E-state index is 0.214. The minimum atomic E-state index is -4.40. The maximum atomic E-state index is 14.4. The third-order valence-corrected chi connectivity index (χ3v) is 9.04. The van der Waals surface area contributed by atoms with Crippen molar-refractivity contribution in [3.8, 4) is 0 Å². The van der Waals surface area contributed by atoms with Crippen molar-refractivity contribution in [1.82, 2.24) is 0 Å². The van der Waals surface area contributed by atoms with Gasteiger partial charge in [-0.05, 0) is 66.8 Å². The molecule has 0 aliphatic carbocycles. The van der Waals surface area contributed by atoms with Crippen molar-refractivity contribution in [3.05, 3.63) is 94.0 Å². The number of halogens is 2.